The van der Waals surface area contributed by atoms with E-state index in [9.17, 15) is 0 Å². The molecule has 1 aliphatic carbocycles. The molecule has 9 aromatic rings. The summed E-state index contributed by atoms with van der Waals surface area (Å²) in [5.74, 6) is 3.06. The summed E-state index contributed by atoms with van der Waals surface area (Å²) in [5.41, 5.74) is 11.0. The molecule has 2 aliphatic rings. The van der Waals surface area contributed by atoms with Crippen molar-refractivity contribution in [3.05, 3.63) is 203 Å². The molecular formula is C54H43N7O. The van der Waals surface area contributed by atoms with Gasteiger partial charge in [-0.25, -0.2) is 19.9 Å². The number of anilines is 4. The topological polar surface area (TPSA) is 72.2 Å². The van der Waals surface area contributed by atoms with Gasteiger partial charge in [0.2, 0.25) is 0 Å². The Morgan fingerprint density at radius 2 is 1.16 bits per heavy atom. The molecule has 8 nitrogen and oxygen atoms in total. The zero-order valence-corrected chi connectivity index (χ0v) is 34.7. The number of aryl methyl sites for hydroxylation is 3. The fourth-order valence-corrected chi connectivity index (χ4v) is 8.69. The van der Waals surface area contributed by atoms with Crippen LogP contribution in [0.3, 0.4) is 0 Å². The fraction of sp³-hybridized carbons (Fsp3) is 0.111. The van der Waals surface area contributed by atoms with Crippen molar-refractivity contribution in [3.63, 3.8) is 0 Å². The van der Waals surface area contributed by atoms with Gasteiger partial charge in [-0.2, -0.15) is 0 Å². The zero-order chi connectivity index (χ0) is 41.7. The Hall–Kier alpha value is -7.84. The molecule has 1 aliphatic heterocycles. The van der Waals surface area contributed by atoms with E-state index in [-0.39, 0.29) is 5.92 Å². The Morgan fingerprint density at radius 3 is 1.82 bits per heavy atom. The first kappa shape index (κ1) is 37.2. The molecule has 0 radical (unpaired) electrons. The summed E-state index contributed by atoms with van der Waals surface area (Å²) in [6.45, 7) is 6.97. The highest BCUT2D eigenvalue weighted by Gasteiger charge is 2.32. The lowest BCUT2D eigenvalue weighted by Crippen LogP contribution is -2.39. The SMILES string of the molecule is Cc1ccc(-c2nc(-c3ccc(C)cc3)nc(C3C=c4c(n(-c5ccccn5)c5ccccc45)=CC3Oc3cccc(N4CN(c5ccc(C)cc5)c5ccccc54)c3)n2)cc1. The van der Waals surface area contributed by atoms with Gasteiger partial charge in [-0.05, 0) is 81.4 Å². The summed E-state index contributed by atoms with van der Waals surface area (Å²) < 4.78 is 9.47. The van der Waals surface area contributed by atoms with Crippen molar-refractivity contribution in [2.24, 2.45) is 0 Å². The Morgan fingerprint density at radius 1 is 0.548 bits per heavy atom. The van der Waals surface area contributed by atoms with E-state index in [0.29, 0.717) is 24.1 Å². The number of ether oxygens (including phenoxy) is 1. The Balaban J connectivity index is 1.07. The molecule has 300 valence electrons. The van der Waals surface area contributed by atoms with Gasteiger partial charge in [0, 0.05) is 45.4 Å². The number of nitrogens with zero attached hydrogens (tertiary/aromatic N) is 7. The second-order valence-corrected chi connectivity index (χ2v) is 16.2. The van der Waals surface area contributed by atoms with Crippen LogP contribution in [0.15, 0.2) is 170 Å². The molecule has 3 aromatic heterocycles. The summed E-state index contributed by atoms with van der Waals surface area (Å²) in [4.78, 5) is 25.1. The highest BCUT2D eigenvalue weighted by Crippen LogP contribution is 2.45. The first-order valence-corrected chi connectivity index (χ1v) is 21.1. The lowest BCUT2D eigenvalue weighted by Gasteiger charge is -2.26. The van der Waals surface area contributed by atoms with Gasteiger partial charge in [-0.1, -0.05) is 126 Å². The van der Waals surface area contributed by atoms with E-state index in [2.05, 4.69) is 187 Å². The van der Waals surface area contributed by atoms with E-state index in [1.165, 1.54) is 16.7 Å². The predicted octanol–water partition coefficient (Wildman–Crippen LogP) is 10.5. The van der Waals surface area contributed by atoms with Crippen LogP contribution in [0, 0.1) is 20.8 Å². The largest absolute Gasteiger partial charge is 0.485 e. The maximum atomic E-state index is 7.24. The number of pyridine rings is 1. The van der Waals surface area contributed by atoms with Crippen LogP contribution in [0.25, 0.3) is 51.6 Å². The zero-order valence-electron chi connectivity index (χ0n) is 34.7. The van der Waals surface area contributed by atoms with Crippen molar-refractivity contribution in [2.75, 3.05) is 16.5 Å². The maximum Gasteiger partial charge on any atom is 0.163 e. The minimum atomic E-state index is -0.501. The van der Waals surface area contributed by atoms with Gasteiger partial charge >= 0.3 is 0 Å². The minimum absolute atomic E-state index is 0.380. The molecule has 0 spiro atoms. The van der Waals surface area contributed by atoms with Crippen molar-refractivity contribution in [2.45, 2.75) is 32.8 Å². The average molecular weight is 806 g/mol. The van der Waals surface area contributed by atoms with Crippen LogP contribution in [-0.2, 0) is 0 Å². The Bertz CT molecular complexity index is 3170. The van der Waals surface area contributed by atoms with E-state index >= 15 is 0 Å². The summed E-state index contributed by atoms with van der Waals surface area (Å²) in [7, 11) is 0. The van der Waals surface area contributed by atoms with Crippen LogP contribution < -0.4 is 25.1 Å². The molecule has 2 atom stereocenters. The normalized spacial score (nSPS) is 15.5. The van der Waals surface area contributed by atoms with Gasteiger partial charge in [-0.15, -0.1) is 0 Å². The third kappa shape index (κ3) is 6.76. The van der Waals surface area contributed by atoms with Crippen LogP contribution in [0.5, 0.6) is 5.75 Å². The van der Waals surface area contributed by atoms with E-state index < -0.39 is 6.10 Å². The molecule has 62 heavy (non-hydrogen) atoms. The number of para-hydroxylation sites is 3. The number of hydrogen-bond acceptors (Lipinski definition) is 7. The summed E-state index contributed by atoms with van der Waals surface area (Å²) in [6.07, 6.45) is 5.85. The van der Waals surface area contributed by atoms with E-state index in [1.807, 2.05) is 30.5 Å². The Kier molecular flexibility index (Phi) is 9.19. The van der Waals surface area contributed by atoms with Crippen molar-refractivity contribution in [1.82, 2.24) is 24.5 Å². The number of benzene rings is 6. The molecule has 4 heterocycles. The van der Waals surface area contributed by atoms with Crippen molar-refractivity contribution < 1.29 is 4.74 Å². The molecule has 0 fully saturated rings. The average Bonchev–Trinajstić information content (AvgIpc) is 3.86. The number of rotatable bonds is 8. The molecule has 11 rings (SSSR count). The van der Waals surface area contributed by atoms with Crippen LogP contribution >= 0.6 is 0 Å². The lowest BCUT2D eigenvalue weighted by molar-refractivity contribution is 0.247. The molecule has 8 heteroatoms. The van der Waals surface area contributed by atoms with E-state index in [4.69, 9.17) is 24.7 Å². The molecule has 6 aromatic carbocycles. The van der Waals surface area contributed by atoms with Crippen molar-refractivity contribution in [1.29, 1.82) is 0 Å². The first-order valence-electron chi connectivity index (χ1n) is 21.1. The molecule has 0 saturated heterocycles. The third-order valence-corrected chi connectivity index (χ3v) is 11.9. The third-order valence-electron chi connectivity index (χ3n) is 11.9. The van der Waals surface area contributed by atoms with Gasteiger partial charge in [0.05, 0.1) is 28.2 Å². The van der Waals surface area contributed by atoms with Gasteiger partial charge in [-0.3, -0.25) is 4.57 Å². The predicted molar refractivity (Wildman–Crippen MR) is 250 cm³/mol. The molecule has 0 N–H and O–H groups in total. The molecule has 0 saturated carbocycles. The van der Waals surface area contributed by atoms with Crippen LogP contribution in [0.2, 0.25) is 0 Å². The van der Waals surface area contributed by atoms with E-state index in [0.717, 1.165) is 66.9 Å². The highest BCUT2D eigenvalue weighted by atomic mass is 16.5. The van der Waals surface area contributed by atoms with E-state index in [1.54, 1.807) is 0 Å². The summed E-state index contributed by atoms with van der Waals surface area (Å²) in [5, 5.41) is 3.22. The van der Waals surface area contributed by atoms with Gasteiger partial charge in [0.15, 0.2) is 11.6 Å². The molecule has 0 amide bonds. The number of fused-ring (bicyclic) bond motifs is 4. The molecule has 2 unspecified atom stereocenters. The second kappa shape index (κ2) is 15.3. The quantitative estimate of drug-likeness (QED) is 0.151. The van der Waals surface area contributed by atoms with Crippen LogP contribution in [0.4, 0.5) is 22.7 Å². The monoisotopic (exact) mass is 805 g/mol. The standard InChI is InChI=1S/C54H43N7O/c1-35-18-24-38(25-19-35)52-56-53(39-26-20-36(2)21-27-39)58-54(57-52)45-32-44-43-13-4-5-14-46(43)61(51-17-8-9-30-55-51)49(44)33-50(45)62-42-12-10-11-41(31-42)60-34-59(40-28-22-37(3)23-29-40)47-15-6-7-16-48(47)60/h4-33,45,50H,34H2,1-3H3. The van der Waals surface area contributed by atoms with Crippen LogP contribution in [-0.4, -0.2) is 37.3 Å². The van der Waals surface area contributed by atoms with Crippen LogP contribution in [0.1, 0.15) is 28.4 Å². The van der Waals surface area contributed by atoms with Gasteiger partial charge in [0.1, 0.15) is 30.2 Å². The fourth-order valence-electron chi connectivity index (χ4n) is 8.69. The minimum Gasteiger partial charge on any atom is -0.485 e. The molecular weight excluding hydrogens is 763 g/mol. The first-order chi connectivity index (χ1) is 30.4. The number of hydrogen-bond donors (Lipinski definition) is 0. The number of aromatic nitrogens is 5. The van der Waals surface area contributed by atoms with Gasteiger partial charge < -0.3 is 14.5 Å². The second-order valence-electron chi connectivity index (χ2n) is 16.2. The molecule has 0 bridgehead atoms. The maximum absolute atomic E-state index is 7.24. The smallest absolute Gasteiger partial charge is 0.163 e. The van der Waals surface area contributed by atoms with Gasteiger partial charge in [0.25, 0.3) is 0 Å². The van der Waals surface area contributed by atoms with Crippen molar-refractivity contribution >= 4 is 45.8 Å². The highest BCUT2D eigenvalue weighted by molar-refractivity contribution is 5.87. The summed E-state index contributed by atoms with van der Waals surface area (Å²) in [6, 6.07) is 57.0. The lowest BCUT2D eigenvalue weighted by atomic mass is 9.94. The van der Waals surface area contributed by atoms with Crippen molar-refractivity contribution in [3.8, 4) is 34.3 Å². The Labute approximate surface area is 360 Å². The summed E-state index contributed by atoms with van der Waals surface area (Å²) >= 11 is 0.